The molecule has 0 aromatic heterocycles. The van der Waals surface area contributed by atoms with Gasteiger partial charge in [-0.1, -0.05) is 0 Å². The van der Waals surface area contributed by atoms with Crippen molar-refractivity contribution in [3.8, 4) is 17.2 Å². The van der Waals surface area contributed by atoms with Gasteiger partial charge < -0.3 is 14.2 Å². The average molecular weight is 397 g/mol. The van der Waals surface area contributed by atoms with Crippen LogP contribution in [0.2, 0.25) is 0 Å². The highest BCUT2D eigenvalue weighted by molar-refractivity contribution is 6.22. The van der Waals surface area contributed by atoms with Crippen LogP contribution in [0.3, 0.4) is 0 Å². The van der Waals surface area contributed by atoms with E-state index >= 15 is 0 Å². The van der Waals surface area contributed by atoms with E-state index in [1.807, 2.05) is 0 Å². The number of carbonyl (C=O) groups is 3. The van der Waals surface area contributed by atoms with E-state index in [0.29, 0.717) is 41.7 Å². The number of fused-ring (bicyclic) bond motifs is 1. The molecule has 2 aromatic carbocycles. The molecule has 9 heteroatoms. The zero-order chi connectivity index (χ0) is 20.4. The second kappa shape index (κ2) is 7.80. The first-order valence-electron chi connectivity index (χ1n) is 9.03. The number of imide groups is 1. The molecule has 29 heavy (non-hydrogen) atoms. The van der Waals surface area contributed by atoms with Crippen LogP contribution >= 0.6 is 0 Å². The third kappa shape index (κ3) is 3.72. The van der Waals surface area contributed by atoms with E-state index in [9.17, 15) is 14.4 Å². The maximum atomic E-state index is 12.7. The molecule has 0 aliphatic carbocycles. The van der Waals surface area contributed by atoms with Gasteiger partial charge in [0, 0.05) is 11.6 Å². The van der Waals surface area contributed by atoms with Crippen molar-refractivity contribution >= 4 is 23.4 Å². The summed E-state index contributed by atoms with van der Waals surface area (Å²) in [6.07, 6.45) is -0.0732. The minimum absolute atomic E-state index is 0.0732. The SMILES string of the molecule is COc1ccc(C(=O)NN[C@H]2CC(=O)N(c3ccc4c(c3)OCCO4)C2=O)cc1. The van der Waals surface area contributed by atoms with Crippen molar-refractivity contribution < 1.29 is 28.6 Å². The predicted molar refractivity (Wildman–Crippen MR) is 102 cm³/mol. The second-order valence-corrected chi connectivity index (χ2v) is 6.48. The number of benzene rings is 2. The summed E-state index contributed by atoms with van der Waals surface area (Å²) in [7, 11) is 1.53. The van der Waals surface area contributed by atoms with Gasteiger partial charge in [-0.3, -0.25) is 19.8 Å². The first-order chi connectivity index (χ1) is 14.1. The first-order valence-corrected chi connectivity index (χ1v) is 9.03. The normalized spacial score (nSPS) is 18.0. The lowest BCUT2D eigenvalue weighted by molar-refractivity contribution is -0.121. The number of ether oxygens (including phenoxy) is 3. The number of anilines is 1. The maximum Gasteiger partial charge on any atom is 0.265 e. The Morgan fingerprint density at radius 3 is 2.52 bits per heavy atom. The van der Waals surface area contributed by atoms with Crippen molar-refractivity contribution in [2.24, 2.45) is 0 Å². The van der Waals surface area contributed by atoms with Gasteiger partial charge in [-0.25, -0.2) is 10.3 Å². The van der Waals surface area contributed by atoms with Crippen molar-refractivity contribution in [2.45, 2.75) is 12.5 Å². The first kappa shape index (κ1) is 18.8. The van der Waals surface area contributed by atoms with Gasteiger partial charge >= 0.3 is 0 Å². The van der Waals surface area contributed by atoms with E-state index in [-0.39, 0.29) is 12.3 Å². The molecule has 1 fully saturated rings. The van der Waals surface area contributed by atoms with Crippen molar-refractivity contribution in [1.29, 1.82) is 0 Å². The maximum absolute atomic E-state index is 12.7. The fourth-order valence-corrected chi connectivity index (χ4v) is 3.15. The molecule has 4 rings (SSSR count). The van der Waals surface area contributed by atoms with E-state index in [2.05, 4.69) is 10.9 Å². The second-order valence-electron chi connectivity index (χ2n) is 6.48. The average Bonchev–Trinajstić information content (AvgIpc) is 3.04. The molecule has 9 nitrogen and oxygen atoms in total. The number of hydrogen-bond acceptors (Lipinski definition) is 7. The molecule has 3 amide bonds. The van der Waals surface area contributed by atoms with Gasteiger partial charge in [0.1, 0.15) is 25.0 Å². The lowest BCUT2D eigenvalue weighted by Crippen LogP contribution is -2.48. The van der Waals surface area contributed by atoms with Crippen molar-refractivity contribution in [1.82, 2.24) is 10.9 Å². The number of nitrogens with zero attached hydrogens (tertiary/aromatic N) is 1. The van der Waals surface area contributed by atoms with E-state index in [1.165, 1.54) is 7.11 Å². The van der Waals surface area contributed by atoms with Crippen LogP contribution in [-0.4, -0.2) is 44.1 Å². The van der Waals surface area contributed by atoms with Crippen molar-refractivity contribution in [2.75, 3.05) is 25.2 Å². The summed E-state index contributed by atoms with van der Waals surface area (Å²) in [6.45, 7) is 0.855. The standard InChI is InChI=1S/C20H19N3O6/c1-27-14-5-2-12(3-6-14)19(25)22-21-15-11-18(24)23(20(15)26)13-4-7-16-17(10-13)29-9-8-28-16/h2-7,10,15,21H,8-9,11H2,1H3,(H,22,25)/t15-/m0/s1. The Bertz CT molecular complexity index is 959. The van der Waals surface area contributed by atoms with Crippen LogP contribution < -0.4 is 30.0 Å². The Balaban J connectivity index is 1.42. The zero-order valence-electron chi connectivity index (χ0n) is 15.6. The monoisotopic (exact) mass is 397 g/mol. The molecule has 1 saturated heterocycles. The number of hydrogen-bond donors (Lipinski definition) is 2. The number of nitrogens with one attached hydrogen (secondary N) is 2. The van der Waals surface area contributed by atoms with Gasteiger partial charge in [0.25, 0.3) is 11.8 Å². The summed E-state index contributed by atoms with van der Waals surface area (Å²) >= 11 is 0. The molecular formula is C20H19N3O6. The summed E-state index contributed by atoms with van der Waals surface area (Å²) in [6, 6.07) is 10.5. The summed E-state index contributed by atoms with van der Waals surface area (Å²) in [5.41, 5.74) is 5.91. The van der Waals surface area contributed by atoms with E-state index in [4.69, 9.17) is 14.2 Å². The highest BCUT2D eigenvalue weighted by Crippen LogP contribution is 2.35. The molecule has 150 valence electrons. The van der Waals surface area contributed by atoms with Crippen molar-refractivity contribution in [3.05, 3.63) is 48.0 Å². The lowest BCUT2D eigenvalue weighted by atomic mass is 10.2. The van der Waals surface area contributed by atoms with Gasteiger partial charge in [0.15, 0.2) is 11.5 Å². The molecule has 0 spiro atoms. The molecule has 0 radical (unpaired) electrons. The third-order valence-electron chi connectivity index (χ3n) is 4.64. The van der Waals surface area contributed by atoms with Gasteiger partial charge in [-0.15, -0.1) is 0 Å². The van der Waals surface area contributed by atoms with Gasteiger partial charge in [-0.2, -0.15) is 0 Å². The number of amides is 3. The van der Waals surface area contributed by atoms with Crippen LogP contribution in [0.5, 0.6) is 17.2 Å². The molecule has 1 atom stereocenters. The van der Waals surface area contributed by atoms with E-state index in [0.717, 1.165) is 4.90 Å². The van der Waals surface area contributed by atoms with Crippen LogP contribution in [0.25, 0.3) is 0 Å². The van der Waals surface area contributed by atoms with E-state index in [1.54, 1.807) is 42.5 Å². The molecule has 2 aromatic rings. The number of hydrazine groups is 1. The predicted octanol–water partition coefficient (Wildman–Crippen LogP) is 1.03. The molecule has 2 aliphatic rings. The summed E-state index contributed by atoms with van der Waals surface area (Å²) in [5, 5.41) is 0. The van der Waals surface area contributed by atoms with Crippen LogP contribution in [0, 0.1) is 0 Å². The number of methoxy groups -OCH3 is 1. The van der Waals surface area contributed by atoms with Gasteiger partial charge in [0.05, 0.1) is 19.2 Å². The smallest absolute Gasteiger partial charge is 0.265 e. The third-order valence-corrected chi connectivity index (χ3v) is 4.64. The van der Waals surface area contributed by atoms with Crippen LogP contribution in [0.4, 0.5) is 5.69 Å². The van der Waals surface area contributed by atoms with Crippen LogP contribution in [-0.2, 0) is 9.59 Å². The topological polar surface area (TPSA) is 106 Å². The molecule has 2 heterocycles. The lowest BCUT2D eigenvalue weighted by Gasteiger charge is -2.21. The van der Waals surface area contributed by atoms with Gasteiger partial charge in [0.2, 0.25) is 5.91 Å². The molecule has 0 bridgehead atoms. The van der Waals surface area contributed by atoms with Gasteiger partial charge in [-0.05, 0) is 36.4 Å². The Morgan fingerprint density at radius 1 is 1.07 bits per heavy atom. The number of rotatable bonds is 5. The largest absolute Gasteiger partial charge is 0.497 e. The summed E-state index contributed by atoms with van der Waals surface area (Å²) < 4.78 is 16.0. The number of carbonyl (C=O) groups excluding carboxylic acids is 3. The van der Waals surface area contributed by atoms with Crippen molar-refractivity contribution in [3.63, 3.8) is 0 Å². The highest BCUT2D eigenvalue weighted by Gasteiger charge is 2.40. The Hall–Kier alpha value is -3.59. The molecular weight excluding hydrogens is 378 g/mol. The molecule has 0 unspecified atom stereocenters. The molecule has 0 saturated carbocycles. The van der Waals surface area contributed by atoms with Crippen LogP contribution in [0.1, 0.15) is 16.8 Å². The Kier molecular flexibility index (Phi) is 5.05. The minimum Gasteiger partial charge on any atom is -0.497 e. The zero-order valence-corrected chi connectivity index (χ0v) is 15.6. The Labute approximate surface area is 166 Å². The molecule has 2 aliphatic heterocycles. The highest BCUT2D eigenvalue weighted by atomic mass is 16.6. The fourth-order valence-electron chi connectivity index (χ4n) is 3.15. The Morgan fingerprint density at radius 2 is 1.79 bits per heavy atom. The fraction of sp³-hybridized carbons (Fsp3) is 0.250. The van der Waals surface area contributed by atoms with E-state index < -0.39 is 17.9 Å². The van der Waals surface area contributed by atoms with Crippen LogP contribution in [0.15, 0.2) is 42.5 Å². The minimum atomic E-state index is -0.863. The molecule has 2 N–H and O–H groups in total. The quantitative estimate of drug-likeness (QED) is 0.573. The summed E-state index contributed by atoms with van der Waals surface area (Å²) in [4.78, 5) is 38.5. The summed E-state index contributed by atoms with van der Waals surface area (Å²) in [5.74, 6) is 0.426.